The summed E-state index contributed by atoms with van der Waals surface area (Å²) in [5.74, 6) is 1.25. The molecule has 0 saturated heterocycles. The molecule has 4 heteroatoms. The number of rotatable bonds is 1. The van der Waals surface area contributed by atoms with Crippen molar-refractivity contribution in [1.82, 2.24) is 5.16 Å². The van der Waals surface area contributed by atoms with Crippen LogP contribution in [0.25, 0.3) is 22.5 Å². The van der Waals surface area contributed by atoms with Crippen LogP contribution >= 0.6 is 0 Å². The minimum absolute atomic E-state index is 0.125. The number of phenols is 1. The molecule has 0 aliphatic heterocycles. The lowest BCUT2D eigenvalue weighted by atomic mass is 10.2. The standard InChI is InChI=1S/C12H9NO3/c1-7-5-11(16-13-7)10-6-8-3-2-4-9(14)12(8)15-10/h2-6,14H,1H3. The number of benzene rings is 1. The summed E-state index contributed by atoms with van der Waals surface area (Å²) >= 11 is 0. The molecule has 0 radical (unpaired) electrons. The number of nitrogens with zero attached hydrogens (tertiary/aromatic N) is 1. The van der Waals surface area contributed by atoms with E-state index in [2.05, 4.69) is 5.16 Å². The van der Waals surface area contributed by atoms with Crippen LogP contribution in [0.3, 0.4) is 0 Å². The zero-order valence-corrected chi connectivity index (χ0v) is 8.60. The number of hydrogen-bond donors (Lipinski definition) is 1. The molecule has 0 aliphatic rings. The van der Waals surface area contributed by atoms with Gasteiger partial charge in [0.05, 0.1) is 5.69 Å². The van der Waals surface area contributed by atoms with Crippen LogP contribution in [0.5, 0.6) is 5.75 Å². The van der Waals surface area contributed by atoms with Crippen LogP contribution in [0.2, 0.25) is 0 Å². The smallest absolute Gasteiger partial charge is 0.202 e. The minimum atomic E-state index is 0.125. The third-order valence-electron chi connectivity index (χ3n) is 2.39. The molecular weight excluding hydrogens is 206 g/mol. The van der Waals surface area contributed by atoms with Crippen molar-refractivity contribution < 1.29 is 14.0 Å². The van der Waals surface area contributed by atoms with Crippen LogP contribution in [-0.2, 0) is 0 Å². The summed E-state index contributed by atoms with van der Waals surface area (Å²) in [4.78, 5) is 0. The molecule has 0 aliphatic carbocycles. The van der Waals surface area contributed by atoms with E-state index in [1.807, 2.05) is 19.1 Å². The highest BCUT2D eigenvalue weighted by molar-refractivity contribution is 5.86. The van der Waals surface area contributed by atoms with Crippen LogP contribution in [0.1, 0.15) is 5.69 Å². The fourth-order valence-electron chi connectivity index (χ4n) is 1.65. The van der Waals surface area contributed by atoms with E-state index in [0.29, 0.717) is 17.1 Å². The normalized spacial score (nSPS) is 11.1. The first-order valence-corrected chi connectivity index (χ1v) is 4.89. The van der Waals surface area contributed by atoms with Crippen molar-refractivity contribution in [3.63, 3.8) is 0 Å². The maximum atomic E-state index is 9.60. The Morgan fingerprint density at radius 3 is 2.75 bits per heavy atom. The van der Waals surface area contributed by atoms with E-state index in [1.165, 1.54) is 0 Å². The molecule has 0 amide bonds. The van der Waals surface area contributed by atoms with Gasteiger partial charge in [-0.05, 0) is 19.1 Å². The average Bonchev–Trinajstić information content (AvgIpc) is 2.84. The topological polar surface area (TPSA) is 59.4 Å². The summed E-state index contributed by atoms with van der Waals surface area (Å²) in [5, 5.41) is 14.2. The molecule has 0 saturated carbocycles. The Morgan fingerprint density at radius 1 is 1.19 bits per heavy atom. The van der Waals surface area contributed by atoms with Gasteiger partial charge in [0.15, 0.2) is 17.1 Å². The first kappa shape index (κ1) is 9.03. The maximum Gasteiger partial charge on any atom is 0.202 e. The number of phenolic OH excluding ortho intramolecular Hbond substituents is 1. The van der Waals surface area contributed by atoms with Crippen molar-refractivity contribution in [2.24, 2.45) is 0 Å². The summed E-state index contributed by atoms with van der Waals surface area (Å²) in [5.41, 5.74) is 1.26. The lowest BCUT2D eigenvalue weighted by Gasteiger charge is -1.90. The Labute approximate surface area is 91.1 Å². The number of aromatic nitrogens is 1. The van der Waals surface area contributed by atoms with Gasteiger partial charge in [0.1, 0.15) is 0 Å². The molecule has 2 aromatic heterocycles. The number of aromatic hydroxyl groups is 1. The van der Waals surface area contributed by atoms with Crippen LogP contribution in [0, 0.1) is 6.92 Å². The predicted molar refractivity (Wildman–Crippen MR) is 58.1 cm³/mol. The zero-order chi connectivity index (χ0) is 11.1. The first-order chi connectivity index (χ1) is 7.74. The van der Waals surface area contributed by atoms with Gasteiger partial charge in [-0.15, -0.1) is 0 Å². The fourth-order valence-corrected chi connectivity index (χ4v) is 1.65. The van der Waals surface area contributed by atoms with Crippen LogP contribution < -0.4 is 0 Å². The van der Waals surface area contributed by atoms with E-state index >= 15 is 0 Å². The van der Waals surface area contributed by atoms with E-state index in [9.17, 15) is 5.11 Å². The molecule has 0 unspecified atom stereocenters. The highest BCUT2D eigenvalue weighted by Crippen LogP contribution is 2.32. The number of hydrogen-bond acceptors (Lipinski definition) is 4. The summed E-state index contributed by atoms with van der Waals surface area (Å²) in [6.07, 6.45) is 0. The van der Waals surface area contributed by atoms with Gasteiger partial charge in [-0.3, -0.25) is 0 Å². The highest BCUT2D eigenvalue weighted by Gasteiger charge is 2.12. The molecule has 80 valence electrons. The zero-order valence-electron chi connectivity index (χ0n) is 8.60. The quantitative estimate of drug-likeness (QED) is 0.677. The molecule has 0 spiro atoms. The second kappa shape index (κ2) is 3.13. The van der Waals surface area contributed by atoms with Crippen molar-refractivity contribution in [3.8, 4) is 17.3 Å². The largest absolute Gasteiger partial charge is 0.504 e. The lowest BCUT2D eigenvalue weighted by molar-refractivity contribution is 0.414. The highest BCUT2D eigenvalue weighted by atomic mass is 16.5. The van der Waals surface area contributed by atoms with E-state index in [-0.39, 0.29) is 5.75 Å². The molecule has 0 fully saturated rings. The molecule has 1 N–H and O–H groups in total. The van der Waals surface area contributed by atoms with E-state index in [1.54, 1.807) is 18.2 Å². The monoisotopic (exact) mass is 215 g/mol. The molecule has 0 atom stereocenters. The van der Waals surface area contributed by atoms with Gasteiger partial charge in [-0.1, -0.05) is 17.3 Å². The third kappa shape index (κ3) is 1.27. The van der Waals surface area contributed by atoms with Gasteiger partial charge in [0.2, 0.25) is 5.76 Å². The number of fused-ring (bicyclic) bond motifs is 1. The summed E-state index contributed by atoms with van der Waals surface area (Å²) in [6, 6.07) is 8.82. The van der Waals surface area contributed by atoms with Crippen molar-refractivity contribution in [2.45, 2.75) is 6.92 Å². The van der Waals surface area contributed by atoms with Gasteiger partial charge < -0.3 is 14.0 Å². The molecule has 3 aromatic rings. The van der Waals surface area contributed by atoms with Gasteiger partial charge >= 0.3 is 0 Å². The molecular formula is C12H9NO3. The first-order valence-electron chi connectivity index (χ1n) is 4.89. The Hall–Kier alpha value is -2.23. The Bertz CT molecular complexity index is 651. The Balaban J connectivity index is 2.22. The third-order valence-corrected chi connectivity index (χ3v) is 2.39. The van der Waals surface area contributed by atoms with Crippen LogP contribution in [-0.4, -0.2) is 10.3 Å². The molecule has 1 aromatic carbocycles. The van der Waals surface area contributed by atoms with Crippen molar-refractivity contribution in [1.29, 1.82) is 0 Å². The summed E-state index contributed by atoms with van der Waals surface area (Å²) in [7, 11) is 0. The molecule has 2 heterocycles. The average molecular weight is 215 g/mol. The molecule has 3 rings (SSSR count). The van der Waals surface area contributed by atoms with Gasteiger partial charge in [0, 0.05) is 11.5 Å². The minimum Gasteiger partial charge on any atom is -0.504 e. The Kier molecular flexibility index (Phi) is 1.77. The molecule has 16 heavy (non-hydrogen) atoms. The number of aryl methyl sites for hydroxylation is 1. The predicted octanol–water partition coefficient (Wildman–Crippen LogP) is 3.10. The second-order valence-electron chi connectivity index (χ2n) is 3.64. The Morgan fingerprint density at radius 2 is 2.06 bits per heavy atom. The van der Waals surface area contributed by atoms with Crippen molar-refractivity contribution >= 4 is 11.0 Å². The summed E-state index contributed by atoms with van der Waals surface area (Å²) in [6.45, 7) is 1.84. The van der Waals surface area contributed by atoms with Crippen LogP contribution in [0.15, 0.2) is 39.3 Å². The van der Waals surface area contributed by atoms with Gasteiger partial charge in [0.25, 0.3) is 0 Å². The van der Waals surface area contributed by atoms with Gasteiger partial charge in [-0.25, -0.2) is 0 Å². The fraction of sp³-hybridized carbons (Fsp3) is 0.0833. The number of furan rings is 1. The molecule has 4 nitrogen and oxygen atoms in total. The molecule has 0 bridgehead atoms. The number of para-hydroxylation sites is 1. The lowest BCUT2D eigenvalue weighted by Crippen LogP contribution is -1.64. The van der Waals surface area contributed by atoms with Crippen molar-refractivity contribution in [3.05, 3.63) is 36.0 Å². The van der Waals surface area contributed by atoms with Crippen molar-refractivity contribution in [2.75, 3.05) is 0 Å². The SMILES string of the molecule is Cc1cc(-c2cc3cccc(O)c3o2)on1. The summed E-state index contributed by atoms with van der Waals surface area (Å²) < 4.78 is 10.6. The van der Waals surface area contributed by atoms with E-state index < -0.39 is 0 Å². The van der Waals surface area contributed by atoms with Gasteiger partial charge in [-0.2, -0.15) is 0 Å². The van der Waals surface area contributed by atoms with E-state index in [4.69, 9.17) is 8.94 Å². The van der Waals surface area contributed by atoms with E-state index in [0.717, 1.165) is 11.1 Å². The second-order valence-corrected chi connectivity index (χ2v) is 3.64. The van der Waals surface area contributed by atoms with Crippen LogP contribution in [0.4, 0.5) is 0 Å². The maximum absolute atomic E-state index is 9.60.